The largest absolute Gasteiger partial charge is 0.492 e. The SMILES string of the molecule is CCNC(=NCc1ccc(OCCN(CC)CC)cc1)NC1CCN(CC(F)(F)F)C1.I. The summed E-state index contributed by atoms with van der Waals surface area (Å²) in [6.45, 7) is 10.9. The number of likely N-dealkylation sites (N-methyl/N-ethyl adjacent to an activating group) is 1. The predicted molar refractivity (Wildman–Crippen MR) is 134 cm³/mol. The second-order valence-electron chi connectivity index (χ2n) is 7.69. The van der Waals surface area contributed by atoms with E-state index >= 15 is 0 Å². The molecule has 1 fully saturated rings. The molecule has 1 aliphatic rings. The molecule has 1 heterocycles. The third-order valence-electron chi connectivity index (χ3n) is 5.27. The minimum atomic E-state index is -4.16. The number of halogens is 4. The molecule has 1 unspecified atom stereocenters. The molecule has 2 rings (SSSR count). The van der Waals surface area contributed by atoms with Gasteiger partial charge in [0.25, 0.3) is 0 Å². The van der Waals surface area contributed by atoms with Crippen molar-refractivity contribution < 1.29 is 17.9 Å². The first-order valence-corrected chi connectivity index (χ1v) is 11.1. The van der Waals surface area contributed by atoms with Crippen molar-refractivity contribution >= 4 is 29.9 Å². The second-order valence-corrected chi connectivity index (χ2v) is 7.69. The summed E-state index contributed by atoms with van der Waals surface area (Å²) in [7, 11) is 0. The average molecular weight is 571 g/mol. The van der Waals surface area contributed by atoms with E-state index in [-0.39, 0.29) is 30.0 Å². The highest BCUT2D eigenvalue weighted by Crippen LogP contribution is 2.20. The van der Waals surface area contributed by atoms with Crippen molar-refractivity contribution in [3.8, 4) is 5.75 Å². The summed E-state index contributed by atoms with van der Waals surface area (Å²) in [5.74, 6) is 1.46. The van der Waals surface area contributed by atoms with Crippen molar-refractivity contribution in [2.24, 2.45) is 4.99 Å². The van der Waals surface area contributed by atoms with Crippen LogP contribution in [0.1, 0.15) is 32.8 Å². The number of nitrogens with one attached hydrogen (secondary N) is 2. The molecule has 0 bridgehead atoms. The lowest BCUT2D eigenvalue weighted by atomic mass is 10.2. The summed E-state index contributed by atoms with van der Waals surface area (Å²) >= 11 is 0. The first kappa shape index (κ1) is 28.8. The molecule has 0 aliphatic carbocycles. The summed E-state index contributed by atoms with van der Waals surface area (Å²) in [6.07, 6.45) is -3.49. The van der Waals surface area contributed by atoms with E-state index in [0.717, 1.165) is 30.9 Å². The van der Waals surface area contributed by atoms with Gasteiger partial charge in [-0.2, -0.15) is 13.2 Å². The van der Waals surface area contributed by atoms with Crippen LogP contribution < -0.4 is 15.4 Å². The fourth-order valence-electron chi connectivity index (χ4n) is 3.55. The van der Waals surface area contributed by atoms with Gasteiger partial charge in [-0.15, -0.1) is 24.0 Å². The van der Waals surface area contributed by atoms with Crippen molar-refractivity contribution in [2.75, 3.05) is 52.4 Å². The Kier molecular flexibility index (Phi) is 13.3. The Hall–Kier alpha value is -1.27. The lowest BCUT2D eigenvalue weighted by molar-refractivity contribution is -0.143. The normalized spacial score (nSPS) is 17.3. The molecule has 0 aromatic heterocycles. The number of hydrogen-bond donors (Lipinski definition) is 2. The summed E-state index contributed by atoms with van der Waals surface area (Å²) in [4.78, 5) is 8.33. The van der Waals surface area contributed by atoms with Gasteiger partial charge in [-0.25, -0.2) is 4.99 Å². The third kappa shape index (κ3) is 11.0. The predicted octanol–water partition coefficient (Wildman–Crippen LogP) is 3.72. The summed E-state index contributed by atoms with van der Waals surface area (Å²) in [5, 5.41) is 6.44. The monoisotopic (exact) mass is 571 g/mol. The van der Waals surface area contributed by atoms with Crippen LogP contribution in [0.25, 0.3) is 0 Å². The van der Waals surface area contributed by atoms with Crippen molar-refractivity contribution in [2.45, 2.75) is 46.0 Å². The van der Waals surface area contributed by atoms with Crippen molar-refractivity contribution in [3.05, 3.63) is 29.8 Å². The maximum atomic E-state index is 12.6. The summed E-state index contributed by atoms with van der Waals surface area (Å²) < 4.78 is 43.6. The van der Waals surface area contributed by atoms with Crippen LogP contribution >= 0.6 is 24.0 Å². The van der Waals surface area contributed by atoms with Crippen LogP contribution in [0.15, 0.2) is 29.3 Å². The zero-order valence-corrected chi connectivity index (χ0v) is 21.6. The Labute approximate surface area is 207 Å². The quantitative estimate of drug-likeness (QED) is 0.241. The molecule has 1 saturated heterocycles. The minimum Gasteiger partial charge on any atom is -0.492 e. The minimum absolute atomic E-state index is 0. The molecular formula is C22H37F3IN5O. The Morgan fingerprint density at radius 1 is 1.19 bits per heavy atom. The number of nitrogens with zero attached hydrogens (tertiary/aromatic N) is 3. The van der Waals surface area contributed by atoms with E-state index in [1.807, 2.05) is 31.2 Å². The van der Waals surface area contributed by atoms with E-state index in [9.17, 15) is 13.2 Å². The topological polar surface area (TPSA) is 52.1 Å². The van der Waals surface area contributed by atoms with E-state index in [0.29, 0.717) is 45.2 Å². The molecule has 0 amide bonds. The Morgan fingerprint density at radius 3 is 2.47 bits per heavy atom. The molecule has 0 radical (unpaired) electrons. The standard InChI is InChI=1S/C22H36F3N5O.HI/c1-4-26-21(28-19-11-12-30(16-19)17-22(23,24)25)27-15-18-7-9-20(10-8-18)31-14-13-29(5-2)6-3;/h7-10,19H,4-6,11-17H2,1-3H3,(H2,26,27,28);1H. The van der Waals surface area contributed by atoms with Crippen molar-refractivity contribution in [3.63, 3.8) is 0 Å². The Morgan fingerprint density at radius 2 is 1.88 bits per heavy atom. The highest BCUT2D eigenvalue weighted by Gasteiger charge is 2.34. The maximum absolute atomic E-state index is 12.6. The van der Waals surface area contributed by atoms with Gasteiger partial charge in [0, 0.05) is 32.2 Å². The number of hydrogen-bond acceptors (Lipinski definition) is 4. The van der Waals surface area contributed by atoms with Gasteiger partial charge >= 0.3 is 6.18 Å². The molecule has 32 heavy (non-hydrogen) atoms. The van der Waals surface area contributed by atoms with E-state index in [1.165, 1.54) is 4.90 Å². The van der Waals surface area contributed by atoms with Crippen LogP contribution in [0.4, 0.5) is 13.2 Å². The Balaban J connectivity index is 0.00000512. The molecule has 0 spiro atoms. The summed E-state index contributed by atoms with van der Waals surface area (Å²) in [6, 6.07) is 7.82. The zero-order valence-electron chi connectivity index (χ0n) is 19.2. The van der Waals surface area contributed by atoms with Gasteiger partial charge < -0.3 is 20.3 Å². The highest BCUT2D eigenvalue weighted by molar-refractivity contribution is 14.0. The number of alkyl halides is 3. The molecule has 1 aliphatic heterocycles. The van der Waals surface area contributed by atoms with Crippen LogP contribution in [-0.4, -0.2) is 80.4 Å². The van der Waals surface area contributed by atoms with E-state index in [2.05, 4.69) is 34.4 Å². The van der Waals surface area contributed by atoms with Crippen LogP contribution in [0, 0.1) is 0 Å². The van der Waals surface area contributed by atoms with Crippen LogP contribution in [0.5, 0.6) is 5.75 Å². The molecule has 6 nitrogen and oxygen atoms in total. The first-order valence-electron chi connectivity index (χ1n) is 11.1. The number of benzene rings is 1. The van der Waals surface area contributed by atoms with Crippen molar-refractivity contribution in [1.29, 1.82) is 0 Å². The molecule has 0 saturated carbocycles. The molecular weight excluding hydrogens is 534 g/mol. The second kappa shape index (κ2) is 14.8. The fourth-order valence-corrected chi connectivity index (χ4v) is 3.55. The smallest absolute Gasteiger partial charge is 0.401 e. The number of ether oxygens (including phenoxy) is 1. The van der Waals surface area contributed by atoms with Gasteiger partial charge in [0.2, 0.25) is 0 Å². The lowest BCUT2D eigenvalue weighted by Crippen LogP contribution is -2.45. The molecule has 1 aromatic rings. The molecule has 10 heteroatoms. The third-order valence-corrected chi connectivity index (χ3v) is 5.27. The lowest BCUT2D eigenvalue weighted by Gasteiger charge is -2.19. The van der Waals surface area contributed by atoms with E-state index in [4.69, 9.17) is 4.74 Å². The van der Waals surface area contributed by atoms with Crippen LogP contribution in [0.3, 0.4) is 0 Å². The van der Waals surface area contributed by atoms with Gasteiger partial charge in [0.15, 0.2) is 5.96 Å². The van der Waals surface area contributed by atoms with E-state index < -0.39 is 12.7 Å². The number of guanidine groups is 1. The fraction of sp³-hybridized carbons (Fsp3) is 0.682. The maximum Gasteiger partial charge on any atom is 0.401 e. The van der Waals surface area contributed by atoms with E-state index in [1.54, 1.807) is 0 Å². The van der Waals surface area contributed by atoms with Gasteiger partial charge in [0.05, 0.1) is 13.1 Å². The van der Waals surface area contributed by atoms with Gasteiger partial charge in [-0.05, 0) is 44.1 Å². The number of aliphatic imine (C=N–C) groups is 1. The first-order chi connectivity index (χ1) is 14.8. The van der Waals surface area contributed by atoms with Gasteiger partial charge in [-0.3, -0.25) is 4.90 Å². The molecule has 1 aromatic carbocycles. The molecule has 2 N–H and O–H groups in total. The van der Waals surface area contributed by atoms with Gasteiger partial charge in [-0.1, -0.05) is 26.0 Å². The van der Waals surface area contributed by atoms with Crippen LogP contribution in [0.2, 0.25) is 0 Å². The number of likely N-dealkylation sites (tertiary alicyclic amines) is 1. The van der Waals surface area contributed by atoms with Gasteiger partial charge in [0.1, 0.15) is 12.4 Å². The highest BCUT2D eigenvalue weighted by atomic mass is 127. The molecule has 184 valence electrons. The number of rotatable bonds is 11. The Bertz CT molecular complexity index is 669. The zero-order chi connectivity index (χ0) is 22.7. The summed E-state index contributed by atoms with van der Waals surface area (Å²) in [5.41, 5.74) is 1.04. The van der Waals surface area contributed by atoms with Crippen molar-refractivity contribution in [1.82, 2.24) is 20.4 Å². The molecule has 1 atom stereocenters. The average Bonchev–Trinajstić information content (AvgIpc) is 3.15. The van der Waals surface area contributed by atoms with Crippen LogP contribution in [-0.2, 0) is 6.54 Å².